The second-order valence-corrected chi connectivity index (χ2v) is 5.76. The van der Waals surface area contributed by atoms with Crippen LogP contribution in [-0.4, -0.2) is 23.0 Å². The van der Waals surface area contributed by atoms with Gasteiger partial charge >= 0.3 is 0 Å². The van der Waals surface area contributed by atoms with Crippen LogP contribution in [-0.2, 0) is 16.0 Å². The standard InChI is InChI=1S/C16H24N2O2/c1-3-20-16(8-6-12(2)7-9-16)14(19)11-13-5-4-10-18-15(13)17/h4-5,10,12H,3,6-9,11H2,1-2H3,(H2,17,18). The van der Waals surface area contributed by atoms with Crippen molar-refractivity contribution in [2.45, 2.75) is 51.6 Å². The van der Waals surface area contributed by atoms with E-state index >= 15 is 0 Å². The minimum atomic E-state index is -0.608. The second-order valence-electron chi connectivity index (χ2n) is 5.76. The van der Waals surface area contributed by atoms with Crippen LogP contribution in [0.2, 0.25) is 0 Å². The van der Waals surface area contributed by atoms with E-state index in [0.29, 0.717) is 24.8 Å². The predicted molar refractivity (Wildman–Crippen MR) is 79.3 cm³/mol. The van der Waals surface area contributed by atoms with Crippen LogP contribution in [0.1, 0.15) is 45.1 Å². The highest BCUT2D eigenvalue weighted by Gasteiger charge is 2.41. The first-order valence-corrected chi connectivity index (χ1v) is 7.44. The largest absolute Gasteiger partial charge is 0.383 e. The number of carbonyl (C=O) groups is 1. The van der Waals surface area contributed by atoms with E-state index in [2.05, 4.69) is 11.9 Å². The summed E-state index contributed by atoms with van der Waals surface area (Å²) in [5.74, 6) is 1.27. The summed E-state index contributed by atoms with van der Waals surface area (Å²) in [5.41, 5.74) is 6.03. The number of ketones is 1. The summed E-state index contributed by atoms with van der Waals surface area (Å²) < 4.78 is 5.88. The van der Waals surface area contributed by atoms with Gasteiger partial charge in [-0.1, -0.05) is 13.0 Å². The fourth-order valence-corrected chi connectivity index (χ4v) is 2.94. The summed E-state index contributed by atoms with van der Waals surface area (Å²) in [6, 6.07) is 3.68. The molecule has 0 atom stereocenters. The third-order valence-electron chi connectivity index (χ3n) is 4.29. The van der Waals surface area contributed by atoms with Crippen molar-refractivity contribution in [2.75, 3.05) is 12.3 Å². The van der Waals surface area contributed by atoms with Gasteiger partial charge < -0.3 is 10.5 Å². The number of anilines is 1. The number of nitrogen functional groups attached to an aromatic ring is 1. The van der Waals surface area contributed by atoms with Gasteiger partial charge in [-0.3, -0.25) is 4.79 Å². The first-order chi connectivity index (χ1) is 9.57. The molecule has 1 aliphatic carbocycles. The van der Waals surface area contributed by atoms with Gasteiger partial charge in [0, 0.05) is 24.8 Å². The van der Waals surface area contributed by atoms with Crippen LogP contribution in [0.25, 0.3) is 0 Å². The fourth-order valence-electron chi connectivity index (χ4n) is 2.94. The summed E-state index contributed by atoms with van der Waals surface area (Å²) in [5, 5.41) is 0. The van der Waals surface area contributed by atoms with Gasteiger partial charge in [0.25, 0.3) is 0 Å². The molecule has 0 bridgehead atoms. The zero-order chi connectivity index (χ0) is 14.6. The number of carbonyl (C=O) groups excluding carboxylic acids is 1. The summed E-state index contributed by atoms with van der Waals surface area (Å²) in [6.45, 7) is 4.76. The molecule has 0 amide bonds. The Labute approximate surface area is 120 Å². The van der Waals surface area contributed by atoms with Crippen molar-refractivity contribution in [1.29, 1.82) is 0 Å². The summed E-state index contributed by atoms with van der Waals surface area (Å²) in [6.07, 6.45) is 5.70. The smallest absolute Gasteiger partial charge is 0.169 e. The average molecular weight is 276 g/mol. The van der Waals surface area contributed by atoms with E-state index in [1.165, 1.54) is 0 Å². The first-order valence-electron chi connectivity index (χ1n) is 7.44. The average Bonchev–Trinajstić information content (AvgIpc) is 2.44. The van der Waals surface area contributed by atoms with Crippen LogP contribution in [0.3, 0.4) is 0 Å². The molecule has 2 rings (SSSR count). The molecule has 1 aliphatic rings. The van der Waals surface area contributed by atoms with E-state index < -0.39 is 5.60 Å². The number of nitrogens with zero attached hydrogens (tertiary/aromatic N) is 1. The third-order valence-corrected chi connectivity index (χ3v) is 4.29. The molecule has 0 aliphatic heterocycles. The van der Waals surface area contributed by atoms with E-state index in [4.69, 9.17) is 10.5 Å². The van der Waals surface area contributed by atoms with Gasteiger partial charge in [0.15, 0.2) is 5.78 Å². The van der Waals surface area contributed by atoms with Crippen LogP contribution >= 0.6 is 0 Å². The number of aromatic nitrogens is 1. The Morgan fingerprint density at radius 1 is 1.50 bits per heavy atom. The Morgan fingerprint density at radius 2 is 2.20 bits per heavy atom. The monoisotopic (exact) mass is 276 g/mol. The van der Waals surface area contributed by atoms with Gasteiger partial charge in [0.2, 0.25) is 0 Å². The third kappa shape index (κ3) is 3.18. The lowest BCUT2D eigenvalue weighted by Gasteiger charge is -2.38. The van der Waals surface area contributed by atoms with Crippen molar-refractivity contribution < 1.29 is 9.53 Å². The Kier molecular flexibility index (Phi) is 4.76. The zero-order valence-electron chi connectivity index (χ0n) is 12.4. The van der Waals surface area contributed by atoms with E-state index in [1.807, 2.05) is 19.1 Å². The van der Waals surface area contributed by atoms with Crippen molar-refractivity contribution in [3.8, 4) is 0 Å². The Hall–Kier alpha value is -1.42. The van der Waals surface area contributed by atoms with E-state index in [0.717, 1.165) is 31.2 Å². The Bertz CT molecular complexity index is 465. The van der Waals surface area contributed by atoms with Crippen molar-refractivity contribution in [3.63, 3.8) is 0 Å². The van der Waals surface area contributed by atoms with Gasteiger partial charge in [0.05, 0.1) is 0 Å². The summed E-state index contributed by atoms with van der Waals surface area (Å²) in [7, 11) is 0. The Morgan fingerprint density at radius 3 is 2.80 bits per heavy atom. The molecule has 4 heteroatoms. The number of hydrogen-bond donors (Lipinski definition) is 1. The SMILES string of the molecule is CCOC1(C(=O)Cc2cccnc2N)CCC(C)CC1. The number of ether oxygens (including phenoxy) is 1. The van der Waals surface area contributed by atoms with Gasteiger partial charge in [-0.05, 0) is 44.6 Å². The molecule has 2 N–H and O–H groups in total. The molecular formula is C16H24N2O2. The molecule has 1 aromatic heterocycles. The second kappa shape index (κ2) is 6.35. The van der Waals surface area contributed by atoms with E-state index in [1.54, 1.807) is 6.20 Å². The molecule has 1 fully saturated rings. The van der Waals surface area contributed by atoms with Crippen LogP contribution in [0.15, 0.2) is 18.3 Å². The molecule has 1 heterocycles. The molecule has 0 saturated heterocycles. The lowest BCUT2D eigenvalue weighted by molar-refractivity contribution is -0.149. The van der Waals surface area contributed by atoms with Crippen molar-refractivity contribution in [2.24, 2.45) is 5.92 Å². The number of nitrogens with two attached hydrogens (primary N) is 1. The highest BCUT2D eigenvalue weighted by atomic mass is 16.5. The minimum Gasteiger partial charge on any atom is -0.383 e. The number of hydrogen-bond acceptors (Lipinski definition) is 4. The topological polar surface area (TPSA) is 65.2 Å². The molecule has 0 radical (unpaired) electrons. The Balaban J connectivity index is 2.13. The lowest BCUT2D eigenvalue weighted by atomic mass is 9.76. The quantitative estimate of drug-likeness (QED) is 0.898. The predicted octanol–water partition coefficient (Wildman–Crippen LogP) is 2.76. The molecule has 0 aromatic carbocycles. The summed E-state index contributed by atoms with van der Waals surface area (Å²) in [4.78, 5) is 16.8. The number of rotatable bonds is 5. The van der Waals surface area contributed by atoms with Crippen molar-refractivity contribution >= 4 is 11.6 Å². The van der Waals surface area contributed by atoms with E-state index in [-0.39, 0.29) is 5.78 Å². The van der Waals surface area contributed by atoms with Gasteiger partial charge in [-0.25, -0.2) is 4.98 Å². The maximum Gasteiger partial charge on any atom is 0.169 e. The molecule has 1 aromatic rings. The van der Waals surface area contributed by atoms with E-state index in [9.17, 15) is 4.79 Å². The van der Waals surface area contributed by atoms with Crippen molar-refractivity contribution in [1.82, 2.24) is 4.98 Å². The van der Waals surface area contributed by atoms with Gasteiger partial charge in [-0.2, -0.15) is 0 Å². The highest BCUT2D eigenvalue weighted by molar-refractivity contribution is 5.90. The van der Waals surface area contributed by atoms with Crippen molar-refractivity contribution in [3.05, 3.63) is 23.9 Å². The summed E-state index contributed by atoms with van der Waals surface area (Å²) >= 11 is 0. The molecular weight excluding hydrogens is 252 g/mol. The van der Waals surface area contributed by atoms with Crippen LogP contribution in [0.5, 0.6) is 0 Å². The lowest BCUT2D eigenvalue weighted by Crippen LogP contribution is -2.45. The minimum absolute atomic E-state index is 0.144. The highest BCUT2D eigenvalue weighted by Crippen LogP contribution is 2.36. The molecule has 110 valence electrons. The zero-order valence-corrected chi connectivity index (χ0v) is 12.4. The molecule has 0 unspecified atom stereocenters. The van der Waals surface area contributed by atoms with Gasteiger partial charge in [-0.15, -0.1) is 0 Å². The van der Waals surface area contributed by atoms with Crippen LogP contribution in [0, 0.1) is 5.92 Å². The van der Waals surface area contributed by atoms with Gasteiger partial charge in [0.1, 0.15) is 11.4 Å². The first kappa shape index (κ1) is 15.0. The molecule has 1 saturated carbocycles. The van der Waals surface area contributed by atoms with Crippen LogP contribution in [0.4, 0.5) is 5.82 Å². The maximum atomic E-state index is 12.7. The van der Waals surface area contributed by atoms with Crippen LogP contribution < -0.4 is 5.73 Å². The fraction of sp³-hybridized carbons (Fsp3) is 0.625. The molecule has 20 heavy (non-hydrogen) atoms. The maximum absolute atomic E-state index is 12.7. The number of Topliss-reactive ketones (excluding diaryl/α,β-unsaturated/α-hetero) is 1. The molecule has 0 spiro atoms. The normalized spacial score (nSPS) is 26.4. The molecule has 4 nitrogen and oxygen atoms in total. The number of pyridine rings is 1.